The van der Waals surface area contributed by atoms with Gasteiger partial charge in [0.2, 0.25) is 11.2 Å². The van der Waals surface area contributed by atoms with Crippen molar-refractivity contribution < 1.29 is 17.7 Å². The number of imidazole rings is 2. The Morgan fingerprint density at radius 2 is 1.36 bits per heavy atom. The average Bonchev–Trinajstić information content (AvgIpc) is 3.33. The molecular weight excluding hydrogens is 588 g/mol. The summed E-state index contributed by atoms with van der Waals surface area (Å²) >= 11 is 6.04. The van der Waals surface area contributed by atoms with Gasteiger partial charge < -0.3 is 38.6 Å². The van der Waals surface area contributed by atoms with Gasteiger partial charge in [0.05, 0.1) is 35.3 Å². The summed E-state index contributed by atoms with van der Waals surface area (Å²) in [5.41, 5.74) is 4.04. The Bertz CT molecular complexity index is 1610. The molecule has 11 heteroatoms. The summed E-state index contributed by atoms with van der Waals surface area (Å²) in [5.74, 6) is 0.910. The summed E-state index contributed by atoms with van der Waals surface area (Å²) in [6.07, 6.45) is 1.74. The first-order chi connectivity index (χ1) is 24.4. The molecular formula is C34H53ClN8O2. The lowest BCUT2D eigenvalue weighted by Crippen LogP contribution is -2.31. The second-order valence-corrected chi connectivity index (χ2v) is 11.2. The van der Waals surface area contributed by atoms with Crippen LogP contribution in [0.1, 0.15) is 34.9 Å². The predicted octanol–water partition coefficient (Wildman–Crippen LogP) is 4.85. The van der Waals surface area contributed by atoms with Crippen LogP contribution in [0.25, 0.3) is 22.1 Å². The molecule has 1 N–H and O–H groups in total. The maximum atomic E-state index is 7.64. The van der Waals surface area contributed by atoms with Crippen molar-refractivity contribution in [3.05, 3.63) is 53.8 Å². The number of aromatic nitrogens is 4. The normalized spacial score (nSPS) is 19.0. The van der Waals surface area contributed by atoms with Crippen molar-refractivity contribution in [3.63, 3.8) is 0 Å². The molecule has 2 aromatic carbocycles. The first-order valence-electron chi connectivity index (χ1n) is 19.1. The fraction of sp³-hybridized carbons (Fsp3) is 0.588. The molecule has 0 amide bonds. The number of likely N-dealkylation sites (N-methyl/N-ethyl adjacent to an activating group) is 2. The first-order valence-corrected chi connectivity index (χ1v) is 16.5. The molecule has 0 unspecified atom stereocenters. The third-order valence-corrected chi connectivity index (χ3v) is 7.98. The van der Waals surface area contributed by atoms with E-state index < -0.39 is 14.0 Å². The van der Waals surface area contributed by atoms with E-state index in [4.69, 9.17) is 34.3 Å². The lowest BCUT2D eigenvalue weighted by atomic mass is 10.3. The molecule has 2 aliphatic heterocycles. The van der Waals surface area contributed by atoms with Gasteiger partial charge in [-0.1, -0.05) is 24.3 Å². The van der Waals surface area contributed by atoms with Crippen LogP contribution in [-0.2, 0) is 22.6 Å². The highest BCUT2D eigenvalue weighted by Gasteiger charge is 2.19. The Balaban J connectivity index is 0.000000190. The number of nitrogens with one attached hydrogen (secondary N) is 1. The Labute approximate surface area is 282 Å². The smallest absolute Gasteiger partial charge is 0.206 e. The second kappa shape index (κ2) is 19.1. The van der Waals surface area contributed by atoms with Gasteiger partial charge in [-0.25, -0.2) is 9.97 Å². The van der Waals surface area contributed by atoms with Gasteiger partial charge in [-0.2, -0.15) is 0 Å². The van der Waals surface area contributed by atoms with Crippen LogP contribution in [-0.4, -0.2) is 122 Å². The number of nitrogens with zero attached hydrogens (tertiary/aromatic N) is 7. The van der Waals surface area contributed by atoms with E-state index in [0.717, 1.165) is 80.2 Å². The number of benzene rings is 2. The Morgan fingerprint density at radius 1 is 0.733 bits per heavy atom. The van der Waals surface area contributed by atoms with Crippen molar-refractivity contribution in [1.29, 1.82) is 0 Å². The third-order valence-electron chi connectivity index (χ3n) is 7.69. The molecule has 4 aromatic rings. The molecule has 6 rings (SSSR count). The van der Waals surface area contributed by atoms with Crippen molar-refractivity contribution in [2.45, 2.75) is 39.8 Å². The molecule has 2 aromatic heterocycles. The molecule has 0 aliphatic carbocycles. The fourth-order valence-electron chi connectivity index (χ4n) is 5.35. The van der Waals surface area contributed by atoms with Crippen LogP contribution in [0.4, 0.5) is 5.95 Å². The van der Waals surface area contributed by atoms with Gasteiger partial charge in [0, 0.05) is 67.3 Å². The number of fused-ring (bicyclic) bond motifs is 2. The summed E-state index contributed by atoms with van der Waals surface area (Å²) in [6.45, 7) is 9.88. The Morgan fingerprint density at radius 3 is 2.07 bits per heavy atom. The third kappa shape index (κ3) is 10.7. The van der Waals surface area contributed by atoms with E-state index in [0.29, 0.717) is 57.8 Å². The standard InChI is InChI=1S/C17H26N4O.C11H13ClN2O.C6H14N2/c1-3-22-14-13-21-16-8-5-4-7-15(16)18-17(21)20-10-6-9-19(2)11-12-20;1-2-15-8-7-14-10-6-4-3-5-9(10)13-11(14)12;1-8-5-2-3-7-4-6-8/h4-5,7-8H,3,6,9-14H2,1-2H3;3-6H,2,7-8H2,1H3;7H,2-6H2,1H3/i2D3;;1D3. The predicted molar refractivity (Wildman–Crippen MR) is 187 cm³/mol. The first kappa shape index (κ1) is 27.4. The molecule has 0 atom stereocenters. The van der Waals surface area contributed by atoms with Gasteiger partial charge in [-0.3, -0.25) is 0 Å². The van der Waals surface area contributed by atoms with Gasteiger partial charge in [-0.05, 0) is 96.1 Å². The van der Waals surface area contributed by atoms with E-state index in [-0.39, 0.29) is 0 Å². The van der Waals surface area contributed by atoms with E-state index in [9.17, 15) is 0 Å². The molecule has 248 valence electrons. The number of hydrogen-bond donors (Lipinski definition) is 1. The highest BCUT2D eigenvalue weighted by Crippen LogP contribution is 2.24. The average molecular weight is 647 g/mol. The minimum atomic E-state index is -2.02. The summed E-state index contributed by atoms with van der Waals surface area (Å²) in [4.78, 5) is 14.4. The van der Waals surface area contributed by atoms with Gasteiger partial charge >= 0.3 is 0 Å². The van der Waals surface area contributed by atoms with Crippen molar-refractivity contribution >= 4 is 39.6 Å². The second-order valence-electron chi connectivity index (χ2n) is 10.9. The zero-order chi connectivity index (χ0) is 36.9. The number of ether oxygens (including phenoxy) is 2. The minimum Gasteiger partial charge on any atom is -0.380 e. The van der Waals surface area contributed by atoms with Crippen molar-refractivity contribution in [1.82, 2.24) is 34.2 Å². The quantitative estimate of drug-likeness (QED) is 0.259. The molecule has 4 heterocycles. The molecule has 2 fully saturated rings. The number of hydrogen-bond acceptors (Lipinski definition) is 8. The number of anilines is 1. The molecule has 0 spiro atoms. The van der Waals surface area contributed by atoms with Crippen molar-refractivity contribution in [2.24, 2.45) is 0 Å². The van der Waals surface area contributed by atoms with Crippen LogP contribution in [0.3, 0.4) is 0 Å². The molecule has 45 heavy (non-hydrogen) atoms. The monoisotopic (exact) mass is 646 g/mol. The zero-order valence-electron chi connectivity index (χ0n) is 32.8. The Kier molecular flexibility index (Phi) is 11.6. The van der Waals surface area contributed by atoms with Crippen molar-refractivity contribution in [3.8, 4) is 0 Å². The van der Waals surface area contributed by atoms with E-state index in [2.05, 4.69) is 25.8 Å². The number of para-hydroxylation sites is 4. The molecule has 0 bridgehead atoms. The van der Waals surface area contributed by atoms with E-state index >= 15 is 0 Å². The molecule has 0 radical (unpaired) electrons. The van der Waals surface area contributed by atoms with Crippen LogP contribution in [0.2, 0.25) is 5.28 Å². The van der Waals surface area contributed by atoms with E-state index in [1.807, 2.05) is 60.9 Å². The highest BCUT2D eigenvalue weighted by molar-refractivity contribution is 6.29. The number of rotatable bonds is 9. The topological polar surface area (TPSA) is 75.8 Å². The zero-order valence-corrected chi connectivity index (χ0v) is 27.5. The molecule has 2 aliphatic rings. The summed E-state index contributed by atoms with van der Waals surface area (Å²) < 4.78 is 59.4. The lowest BCUT2D eigenvalue weighted by molar-refractivity contribution is 0.140. The number of halogens is 1. The van der Waals surface area contributed by atoms with Gasteiger partial charge in [0.15, 0.2) is 0 Å². The van der Waals surface area contributed by atoms with Crippen LogP contribution >= 0.6 is 11.6 Å². The van der Waals surface area contributed by atoms with Crippen LogP contribution in [0.5, 0.6) is 0 Å². The van der Waals surface area contributed by atoms with Crippen LogP contribution < -0.4 is 10.2 Å². The van der Waals surface area contributed by atoms with E-state index in [1.54, 1.807) is 9.80 Å². The van der Waals surface area contributed by atoms with Gasteiger partial charge in [-0.15, -0.1) is 0 Å². The summed E-state index contributed by atoms with van der Waals surface area (Å²) in [7, 11) is 0. The minimum absolute atomic E-state index is 0.519. The van der Waals surface area contributed by atoms with Crippen LogP contribution in [0.15, 0.2) is 48.5 Å². The fourth-order valence-corrected chi connectivity index (χ4v) is 5.61. The summed E-state index contributed by atoms with van der Waals surface area (Å²) in [5, 5.41) is 3.68. The van der Waals surface area contributed by atoms with Crippen molar-refractivity contribution in [2.75, 3.05) is 97.6 Å². The summed E-state index contributed by atoms with van der Waals surface area (Å²) in [6, 6.07) is 16.0. The molecule has 2 saturated heterocycles. The van der Waals surface area contributed by atoms with Gasteiger partial charge in [0.1, 0.15) is 0 Å². The highest BCUT2D eigenvalue weighted by atomic mass is 35.5. The Hall–Kier alpha value is -2.73. The maximum absolute atomic E-state index is 7.64. The molecule has 10 nitrogen and oxygen atoms in total. The SMILES string of the molecule is CCOCCn1c(Cl)nc2ccccc21.[2H]C([2H])([2H])N1CCCN(c2nc3ccccc3n2CCOCC)CC1.[2H]C([2H])([2H])N1CCCNCC1. The molecule has 0 saturated carbocycles. The van der Waals surface area contributed by atoms with E-state index in [1.165, 1.54) is 0 Å². The lowest BCUT2D eigenvalue weighted by Gasteiger charge is -2.23. The maximum Gasteiger partial charge on any atom is 0.206 e. The largest absolute Gasteiger partial charge is 0.380 e. The van der Waals surface area contributed by atoms with Gasteiger partial charge in [0.25, 0.3) is 0 Å². The van der Waals surface area contributed by atoms with Crippen LogP contribution in [0, 0.1) is 0 Å².